The Labute approximate surface area is 202 Å². The molecule has 0 radical (unpaired) electrons. The third-order valence-corrected chi connectivity index (χ3v) is 6.60. The monoisotopic (exact) mass is 475 g/mol. The number of aryl methyl sites for hydroxylation is 1. The highest BCUT2D eigenvalue weighted by Gasteiger charge is 2.39. The maximum atomic E-state index is 13.2. The van der Waals surface area contributed by atoms with Crippen molar-refractivity contribution in [3.8, 4) is 0 Å². The van der Waals surface area contributed by atoms with E-state index in [4.69, 9.17) is 9.41 Å². The van der Waals surface area contributed by atoms with E-state index in [9.17, 15) is 14.4 Å². The molecule has 2 aromatic carbocycles. The van der Waals surface area contributed by atoms with Crippen LogP contribution >= 0.6 is 11.8 Å². The Kier molecular flexibility index (Phi) is 7.27. The number of amides is 2. The molecule has 0 saturated carbocycles. The summed E-state index contributed by atoms with van der Waals surface area (Å²) in [6.45, 7) is 3.82. The Balaban J connectivity index is 1.49. The lowest BCUT2D eigenvalue weighted by atomic mass is 10.1. The van der Waals surface area contributed by atoms with Gasteiger partial charge in [-0.2, -0.15) is 0 Å². The molecule has 1 fully saturated rings. The second-order valence-corrected chi connectivity index (χ2v) is 9.08. The topological polar surface area (TPSA) is 92.0 Å². The van der Waals surface area contributed by atoms with Gasteiger partial charge >= 0.3 is 0 Å². The van der Waals surface area contributed by atoms with Crippen LogP contribution in [0.4, 0.5) is 11.4 Å². The Hall–Kier alpha value is -3.65. The molecule has 0 aliphatic carbocycles. The van der Waals surface area contributed by atoms with Gasteiger partial charge in [-0.3, -0.25) is 19.3 Å². The van der Waals surface area contributed by atoms with E-state index in [-0.39, 0.29) is 30.6 Å². The van der Waals surface area contributed by atoms with Crippen molar-refractivity contribution in [1.29, 1.82) is 0 Å². The number of rotatable bonds is 8. The van der Waals surface area contributed by atoms with Gasteiger partial charge in [0.05, 0.1) is 18.5 Å². The van der Waals surface area contributed by atoms with Crippen LogP contribution in [0, 0.1) is 0 Å². The normalized spacial score (nSPS) is 16.8. The molecule has 174 valence electrons. The number of nitrogens with one attached hydrogen (secondary N) is 1. The van der Waals surface area contributed by atoms with Crippen LogP contribution in [0.1, 0.15) is 41.9 Å². The quantitative estimate of drug-likeness (QED) is 0.452. The minimum atomic E-state index is -0.597. The first kappa shape index (κ1) is 23.5. The van der Waals surface area contributed by atoms with E-state index < -0.39 is 5.25 Å². The SMILES string of the molecule is CCc1ccc(N=C2SC(CC(=O)Nc3ccc(C(C)=O)cc3)C(=O)N2Cc2ccco2)cc1. The first-order valence-corrected chi connectivity index (χ1v) is 11.9. The van der Waals surface area contributed by atoms with Gasteiger partial charge in [0.15, 0.2) is 11.0 Å². The van der Waals surface area contributed by atoms with Gasteiger partial charge in [0, 0.05) is 17.7 Å². The molecule has 0 bridgehead atoms. The van der Waals surface area contributed by atoms with Gasteiger partial charge in [-0.05, 0) is 67.4 Å². The van der Waals surface area contributed by atoms with Gasteiger partial charge in [0.1, 0.15) is 11.0 Å². The molecular weight excluding hydrogens is 450 g/mol. The fourth-order valence-electron chi connectivity index (χ4n) is 3.51. The van der Waals surface area contributed by atoms with Gasteiger partial charge in [0.25, 0.3) is 0 Å². The summed E-state index contributed by atoms with van der Waals surface area (Å²) in [5, 5.41) is 2.74. The number of carbonyl (C=O) groups is 3. The third kappa shape index (κ3) is 5.63. The first-order valence-electron chi connectivity index (χ1n) is 11.0. The molecule has 1 aliphatic rings. The van der Waals surface area contributed by atoms with E-state index in [0.717, 1.165) is 12.1 Å². The van der Waals surface area contributed by atoms with Crippen molar-refractivity contribution in [2.24, 2.45) is 4.99 Å². The number of anilines is 1. The van der Waals surface area contributed by atoms with Crippen molar-refractivity contribution in [1.82, 2.24) is 4.90 Å². The standard InChI is InChI=1S/C26H25N3O4S/c1-3-18-6-10-21(11-7-18)28-26-29(16-22-5-4-14-33-22)25(32)23(34-26)15-24(31)27-20-12-8-19(9-13-20)17(2)30/h4-14,23H,3,15-16H2,1-2H3,(H,27,31). The number of thioether (sulfide) groups is 1. The van der Waals surface area contributed by atoms with Crippen molar-refractivity contribution >= 4 is 45.9 Å². The van der Waals surface area contributed by atoms with E-state index in [1.807, 2.05) is 24.3 Å². The van der Waals surface area contributed by atoms with Crippen LogP contribution in [0.5, 0.6) is 0 Å². The summed E-state index contributed by atoms with van der Waals surface area (Å²) in [5.74, 6) is 0.123. The van der Waals surface area contributed by atoms with E-state index in [2.05, 4.69) is 12.2 Å². The van der Waals surface area contributed by atoms with Crippen LogP contribution in [-0.4, -0.2) is 32.9 Å². The van der Waals surface area contributed by atoms with Gasteiger partial charge < -0.3 is 9.73 Å². The summed E-state index contributed by atoms with van der Waals surface area (Å²) in [7, 11) is 0. The average molecular weight is 476 g/mol. The molecule has 7 nitrogen and oxygen atoms in total. The maximum Gasteiger partial charge on any atom is 0.243 e. The van der Waals surface area contributed by atoms with Gasteiger partial charge in [0.2, 0.25) is 11.8 Å². The van der Waals surface area contributed by atoms with E-state index in [1.165, 1.54) is 24.2 Å². The van der Waals surface area contributed by atoms with Crippen LogP contribution < -0.4 is 5.32 Å². The number of hydrogen-bond donors (Lipinski definition) is 1. The summed E-state index contributed by atoms with van der Waals surface area (Å²) in [4.78, 5) is 43.6. The molecule has 2 amide bonds. The highest BCUT2D eigenvalue weighted by atomic mass is 32.2. The third-order valence-electron chi connectivity index (χ3n) is 5.43. The molecule has 1 atom stereocenters. The zero-order chi connectivity index (χ0) is 24.1. The van der Waals surface area contributed by atoms with Crippen molar-refractivity contribution in [3.63, 3.8) is 0 Å². The summed E-state index contributed by atoms with van der Waals surface area (Å²) < 4.78 is 5.43. The lowest BCUT2D eigenvalue weighted by Gasteiger charge is -2.15. The van der Waals surface area contributed by atoms with Gasteiger partial charge in [-0.15, -0.1) is 0 Å². The fraction of sp³-hybridized carbons (Fsp3) is 0.231. The predicted molar refractivity (Wildman–Crippen MR) is 133 cm³/mol. The molecule has 8 heteroatoms. The number of Topliss-reactive ketones (excluding diaryl/α,β-unsaturated/α-hetero) is 1. The fourth-order valence-corrected chi connectivity index (χ4v) is 4.67. The summed E-state index contributed by atoms with van der Waals surface area (Å²) in [5.41, 5.74) is 3.09. The number of hydrogen-bond acceptors (Lipinski definition) is 6. The number of carbonyl (C=O) groups excluding carboxylic acids is 3. The highest BCUT2D eigenvalue weighted by molar-refractivity contribution is 8.15. The molecule has 1 unspecified atom stereocenters. The van der Waals surface area contributed by atoms with Gasteiger partial charge in [-0.1, -0.05) is 30.8 Å². The second kappa shape index (κ2) is 10.5. The lowest BCUT2D eigenvalue weighted by Crippen LogP contribution is -2.33. The molecule has 1 saturated heterocycles. The number of aliphatic imine (C=N–C) groups is 1. The second-order valence-electron chi connectivity index (χ2n) is 7.91. The molecular formula is C26H25N3O4S. The Morgan fingerprint density at radius 2 is 1.82 bits per heavy atom. The zero-order valence-corrected chi connectivity index (χ0v) is 19.8. The van der Waals surface area contributed by atoms with Crippen LogP contribution in [0.25, 0.3) is 0 Å². The maximum absolute atomic E-state index is 13.2. The Morgan fingerprint density at radius 3 is 2.44 bits per heavy atom. The minimum absolute atomic E-state index is 0.000404. The number of furan rings is 1. The van der Waals surface area contributed by atoms with Crippen LogP contribution in [-0.2, 0) is 22.6 Å². The van der Waals surface area contributed by atoms with Crippen molar-refractivity contribution in [2.75, 3.05) is 5.32 Å². The molecule has 1 aromatic heterocycles. The molecule has 4 rings (SSSR count). The molecule has 0 spiro atoms. The Morgan fingerprint density at radius 1 is 1.09 bits per heavy atom. The van der Waals surface area contributed by atoms with Crippen LogP contribution in [0.2, 0.25) is 0 Å². The lowest BCUT2D eigenvalue weighted by molar-refractivity contribution is -0.128. The average Bonchev–Trinajstić information content (AvgIpc) is 3.44. The van der Waals surface area contributed by atoms with Gasteiger partial charge in [-0.25, -0.2) is 4.99 Å². The number of amidine groups is 1. The van der Waals surface area contributed by atoms with E-state index in [0.29, 0.717) is 22.2 Å². The van der Waals surface area contributed by atoms with Crippen molar-refractivity contribution in [2.45, 2.75) is 38.5 Å². The van der Waals surface area contributed by atoms with E-state index >= 15 is 0 Å². The largest absolute Gasteiger partial charge is 0.467 e. The first-order chi connectivity index (χ1) is 16.4. The highest BCUT2D eigenvalue weighted by Crippen LogP contribution is 2.33. The number of benzene rings is 2. The molecule has 1 aliphatic heterocycles. The number of ketones is 1. The van der Waals surface area contributed by atoms with Crippen LogP contribution in [0.3, 0.4) is 0 Å². The number of nitrogens with zero attached hydrogens (tertiary/aromatic N) is 2. The molecule has 3 aromatic rings. The van der Waals surface area contributed by atoms with Crippen LogP contribution in [0.15, 0.2) is 76.3 Å². The molecule has 34 heavy (non-hydrogen) atoms. The minimum Gasteiger partial charge on any atom is -0.467 e. The Bertz CT molecular complexity index is 1200. The molecule has 1 N–H and O–H groups in total. The van der Waals surface area contributed by atoms with Crippen molar-refractivity contribution in [3.05, 3.63) is 83.8 Å². The smallest absolute Gasteiger partial charge is 0.243 e. The molecule has 2 heterocycles. The summed E-state index contributed by atoms with van der Waals surface area (Å²) in [6, 6.07) is 18.1. The zero-order valence-electron chi connectivity index (χ0n) is 19.0. The van der Waals surface area contributed by atoms with E-state index in [1.54, 1.807) is 47.6 Å². The predicted octanol–water partition coefficient (Wildman–Crippen LogP) is 5.21. The summed E-state index contributed by atoms with van der Waals surface area (Å²) >= 11 is 1.28. The summed E-state index contributed by atoms with van der Waals surface area (Å²) in [6.07, 6.45) is 2.50. The van der Waals surface area contributed by atoms with Crippen molar-refractivity contribution < 1.29 is 18.8 Å².